The van der Waals surface area contributed by atoms with Gasteiger partial charge in [-0.15, -0.1) is 0 Å². The third-order valence-corrected chi connectivity index (χ3v) is 5.22. The molecule has 168 valence electrons. The number of rotatable bonds is 12. The lowest BCUT2D eigenvalue weighted by atomic mass is 10.0. The largest absolute Gasteiger partial charge is 0.508 e. The second-order valence-electron chi connectivity index (χ2n) is 7.00. The third-order valence-electron chi connectivity index (χ3n) is 4.57. The lowest BCUT2D eigenvalue weighted by Gasteiger charge is -2.23. The summed E-state index contributed by atoms with van der Waals surface area (Å²) in [6.07, 6.45) is 5.34. The number of hydrogen-bond donors (Lipinski definition) is 6. The molecule has 11 heteroatoms. The van der Waals surface area contributed by atoms with Crippen molar-refractivity contribution in [3.8, 4) is 5.75 Å². The van der Waals surface area contributed by atoms with E-state index in [0.717, 1.165) is 0 Å². The summed E-state index contributed by atoms with van der Waals surface area (Å²) in [7, 11) is 0. The Labute approximate surface area is 184 Å². The van der Waals surface area contributed by atoms with Crippen LogP contribution in [0, 0.1) is 0 Å². The van der Waals surface area contributed by atoms with E-state index in [1.807, 2.05) is 6.26 Å². The number of carbonyl (C=O) groups excluding carboxylic acids is 2. The van der Waals surface area contributed by atoms with Gasteiger partial charge in [-0.3, -0.25) is 9.59 Å². The van der Waals surface area contributed by atoms with E-state index < -0.39 is 35.9 Å². The minimum absolute atomic E-state index is 0.00812. The number of carboxylic acids is 1. The number of thioether (sulfide) groups is 1. The van der Waals surface area contributed by atoms with E-state index in [4.69, 9.17) is 5.73 Å². The topological polar surface area (TPSA) is 170 Å². The number of hydrogen-bond acceptors (Lipinski definition) is 7. The van der Waals surface area contributed by atoms with Crippen LogP contribution >= 0.6 is 11.8 Å². The fourth-order valence-electron chi connectivity index (χ4n) is 2.82. The molecule has 0 bridgehead atoms. The van der Waals surface area contributed by atoms with Crippen molar-refractivity contribution in [2.24, 2.45) is 5.73 Å². The van der Waals surface area contributed by atoms with Gasteiger partial charge in [0.15, 0.2) is 0 Å². The van der Waals surface area contributed by atoms with Gasteiger partial charge in [0, 0.05) is 24.7 Å². The van der Waals surface area contributed by atoms with E-state index in [9.17, 15) is 24.6 Å². The van der Waals surface area contributed by atoms with Crippen LogP contribution in [-0.2, 0) is 27.2 Å². The summed E-state index contributed by atoms with van der Waals surface area (Å²) < 4.78 is 0. The van der Waals surface area contributed by atoms with Crippen LogP contribution in [0.4, 0.5) is 0 Å². The normalized spacial score (nSPS) is 13.7. The Morgan fingerprint density at radius 1 is 1.13 bits per heavy atom. The minimum atomic E-state index is -1.21. The maximum Gasteiger partial charge on any atom is 0.326 e. The highest BCUT2D eigenvalue weighted by Crippen LogP contribution is 2.12. The predicted octanol–water partition coefficient (Wildman–Crippen LogP) is 0.0351. The second-order valence-corrected chi connectivity index (χ2v) is 7.99. The van der Waals surface area contributed by atoms with Gasteiger partial charge in [0.1, 0.15) is 17.8 Å². The number of nitrogens with zero attached hydrogens (tertiary/aromatic N) is 1. The van der Waals surface area contributed by atoms with Gasteiger partial charge < -0.3 is 31.6 Å². The summed E-state index contributed by atoms with van der Waals surface area (Å²) in [4.78, 5) is 43.7. The van der Waals surface area contributed by atoms with Gasteiger partial charge in [-0.25, -0.2) is 9.78 Å². The molecule has 1 aromatic carbocycles. The van der Waals surface area contributed by atoms with Crippen molar-refractivity contribution in [3.05, 3.63) is 48.0 Å². The van der Waals surface area contributed by atoms with Crippen LogP contribution in [0.3, 0.4) is 0 Å². The molecule has 0 aliphatic rings. The lowest BCUT2D eigenvalue weighted by molar-refractivity contribution is -0.142. The minimum Gasteiger partial charge on any atom is -0.508 e. The molecule has 1 heterocycles. The SMILES string of the molecule is CSCC[C@H](N)C(=O)N[C@@H](Cc1ccc(O)cc1)C(=O)N[C@@H](Cc1cnc[nH]1)C(=O)O. The molecule has 3 atom stereocenters. The average molecular weight is 450 g/mol. The molecule has 2 amide bonds. The van der Waals surface area contributed by atoms with E-state index in [1.54, 1.807) is 23.9 Å². The van der Waals surface area contributed by atoms with E-state index in [0.29, 0.717) is 23.4 Å². The van der Waals surface area contributed by atoms with Crippen molar-refractivity contribution in [3.63, 3.8) is 0 Å². The fraction of sp³-hybridized carbons (Fsp3) is 0.400. The lowest BCUT2D eigenvalue weighted by Crippen LogP contribution is -2.55. The van der Waals surface area contributed by atoms with Crippen LogP contribution < -0.4 is 16.4 Å². The Balaban J connectivity index is 2.14. The molecule has 10 nitrogen and oxygen atoms in total. The molecule has 0 aliphatic carbocycles. The molecule has 0 unspecified atom stereocenters. The zero-order chi connectivity index (χ0) is 22.8. The van der Waals surface area contributed by atoms with E-state index >= 15 is 0 Å². The van der Waals surface area contributed by atoms with E-state index in [2.05, 4.69) is 20.6 Å². The molecule has 0 saturated heterocycles. The summed E-state index contributed by atoms with van der Waals surface area (Å²) in [6.45, 7) is 0. The number of aliphatic carboxylic acids is 1. The van der Waals surface area contributed by atoms with Gasteiger partial charge in [-0.2, -0.15) is 11.8 Å². The van der Waals surface area contributed by atoms with Gasteiger partial charge in [0.05, 0.1) is 12.4 Å². The van der Waals surface area contributed by atoms with Crippen molar-refractivity contribution < 1.29 is 24.6 Å². The maximum atomic E-state index is 12.9. The molecule has 31 heavy (non-hydrogen) atoms. The van der Waals surface area contributed by atoms with Gasteiger partial charge in [-0.1, -0.05) is 12.1 Å². The van der Waals surface area contributed by atoms with Crippen molar-refractivity contribution in [1.82, 2.24) is 20.6 Å². The number of nitrogens with two attached hydrogens (primary N) is 1. The number of H-pyrrole nitrogens is 1. The Kier molecular flexibility index (Phi) is 9.35. The van der Waals surface area contributed by atoms with Crippen molar-refractivity contribution in [1.29, 1.82) is 0 Å². The molecule has 0 aliphatic heterocycles. The van der Waals surface area contributed by atoms with Gasteiger partial charge in [0.2, 0.25) is 11.8 Å². The average Bonchev–Trinajstić information content (AvgIpc) is 3.25. The second kappa shape index (κ2) is 12.0. The molecular formula is C20H27N5O5S. The van der Waals surface area contributed by atoms with Crippen LogP contribution in [0.2, 0.25) is 0 Å². The Morgan fingerprint density at radius 3 is 2.39 bits per heavy atom. The van der Waals surface area contributed by atoms with Crippen LogP contribution in [0.1, 0.15) is 17.7 Å². The highest BCUT2D eigenvalue weighted by molar-refractivity contribution is 7.98. The first kappa shape index (κ1) is 24.2. The third kappa shape index (κ3) is 7.95. The first-order chi connectivity index (χ1) is 14.8. The molecule has 0 saturated carbocycles. The van der Waals surface area contributed by atoms with Crippen LogP contribution in [0.5, 0.6) is 5.75 Å². The molecule has 0 radical (unpaired) electrons. The smallest absolute Gasteiger partial charge is 0.326 e. The molecule has 7 N–H and O–H groups in total. The molecule has 1 aromatic heterocycles. The summed E-state index contributed by atoms with van der Waals surface area (Å²) in [5.41, 5.74) is 7.13. The number of aromatic nitrogens is 2. The van der Waals surface area contributed by atoms with Gasteiger partial charge in [-0.05, 0) is 36.1 Å². The number of aromatic amines is 1. The quantitative estimate of drug-likeness (QED) is 0.264. The number of nitrogens with one attached hydrogen (secondary N) is 3. The van der Waals surface area contributed by atoms with Crippen LogP contribution in [0.25, 0.3) is 0 Å². The maximum absolute atomic E-state index is 12.9. The molecule has 2 aromatic rings. The monoisotopic (exact) mass is 449 g/mol. The number of phenols is 1. The predicted molar refractivity (Wildman–Crippen MR) is 117 cm³/mol. The summed E-state index contributed by atoms with van der Waals surface area (Å²) in [5.74, 6) is -1.60. The molecule has 0 fully saturated rings. The van der Waals surface area contributed by atoms with Crippen LogP contribution in [0.15, 0.2) is 36.8 Å². The number of amides is 2. The summed E-state index contributed by atoms with van der Waals surface area (Å²) in [5, 5.41) is 24.1. The zero-order valence-electron chi connectivity index (χ0n) is 17.1. The van der Waals surface area contributed by atoms with Gasteiger partial charge in [0.25, 0.3) is 0 Å². The Morgan fingerprint density at radius 2 is 1.81 bits per heavy atom. The van der Waals surface area contributed by atoms with Crippen molar-refractivity contribution >= 4 is 29.5 Å². The first-order valence-electron chi connectivity index (χ1n) is 9.63. The highest BCUT2D eigenvalue weighted by atomic mass is 32.2. The Bertz CT molecular complexity index is 859. The first-order valence-corrected chi connectivity index (χ1v) is 11.0. The summed E-state index contributed by atoms with van der Waals surface area (Å²) in [6, 6.07) is 3.13. The fourth-order valence-corrected chi connectivity index (χ4v) is 3.31. The summed E-state index contributed by atoms with van der Waals surface area (Å²) >= 11 is 1.55. The molecule has 2 rings (SSSR count). The van der Waals surface area contributed by atoms with E-state index in [-0.39, 0.29) is 18.6 Å². The van der Waals surface area contributed by atoms with Gasteiger partial charge >= 0.3 is 5.97 Å². The Hall–Kier alpha value is -3.05. The number of imidazole rings is 1. The van der Waals surface area contributed by atoms with Crippen molar-refractivity contribution in [2.45, 2.75) is 37.4 Å². The molecule has 0 spiro atoms. The number of phenolic OH excluding ortho intramolecular Hbond substituents is 1. The standard InChI is InChI=1S/C20H27N5O5S/c1-31-7-6-15(21)18(27)24-16(8-12-2-4-14(26)5-3-12)19(28)25-17(20(29)30)9-13-10-22-11-23-13/h2-5,10-11,15-17,26H,6-9,21H2,1H3,(H,22,23)(H,24,27)(H,25,28)(H,29,30)/t15-,16-,17-/m0/s1. The number of carbonyl (C=O) groups is 3. The number of aromatic hydroxyl groups is 1. The number of carboxylic acid groups (broad SMARTS) is 1. The zero-order valence-corrected chi connectivity index (χ0v) is 17.9. The highest BCUT2D eigenvalue weighted by Gasteiger charge is 2.28. The van der Waals surface area contributed by atoms with Crippen molar-refractivity contribution in [2.75, 3.05) is 12.0 Å². The number of benzene rings is 1. The van der Waals surface area contributed by atoms with E-state index in [1.165, 1.54) is 24.7 Å². The van der Waals surface area contributed by atoms with Crippen LogP contribution in [-0.4, -0.2) is 68.1 Å². The molecular weight excluding hydrogens is 422 g/mol.